The van der Waals surface area contributed by atoms with E-state index in [-0.39, 0.29) is 27.9 Å². The number of nitrogens with one attached hydrogen (secondary N) is 1. The first-order valence-corrected chi connectivity index (χ1v) is 11.8. The van der Waals surface area contributed by atoms with Gasteiger partial charge in [0.05, 0.1) is 30.3 Å². The van der Waals surface area contributed by atoms with Crippen LogP contribution in [0.1, 0.15) is 0 Å². The van der Waals surface area contributed by atoms with Crippen molar-refractivity contribution in [2.45, 2.75) is 4.90 Å². The molecule has 4 aromatic rings. The minimum Gasteiger partial charge on any atom is -0.497 e. The summed E-state index contributed by atoms with van der Waals surface area (Å²) in [6.07, 6.45) is 0. The lowest BCUT2D eigenvalue weighted by atomic mass is 10.2. The number of carbonyl (C=O) groups is 1. The molecule has 0 aliphatic rings. The van der Waals surface area contributed by atoms with Crippen molar-refractivity contribution < 1.29 is 27.8 Å². The van der Waals surface area contributed by atoms with Gasteiger partial charge in [0.2, 0.25) is 5.88 Å². The normalized spacial score (nSPS) is 11.6. The van der Waals surface area contributed by atoms with E-state index in [0.717, 1.165) is 4.31 Å². The molecule has 3 aromatic carbocycles. The lowest BCUT2D eigenvalue weighted by Gasteiger charge is -2.24. The summed E-state index contributed by atoms with van der Waals surface area (Å²) in [5, 5.41) is 18.3. The monoisotopic (exact) mass is 494 g/mol. The number of aromatic hydroxyl groups is 1. The van der Waals surface area contributed by atoms with Crippen molar-refractivity contribution in [3.05, 3.63) is 72.8 Å². The van der Waals surface area contributed by atoms with Crippen LogP contribution in [0, 0.1) is 0 Å². The highest BCUT2D eigenvalue weighted by Crippen LogP contribution is 2.36. The van der Waals surface area contributed by atoms with Gasteiger partial charge in [-0.25, -0.2) is 8.42 Å². The number of hydrogen-bond acceptors (Lipinski definition) is 7. The fourth-order valence-electron chi connectivity index (χ4n) is 3.48. The molecular weight excluding hydrogens is 472 g/mol. The molecule has 0 saturated heterocycles. The van der Waals surface area contributed by atoms with Gasteiger partial charge in [0, 0.05) is 5.39 Å². The van der Waals surface area contributed by atoms with Gasteiger partial charge in [-0.2, -0.15) is 0 Å². The second-order valence-electron chi connectivity index (χ2n) is 7.32. The summed E-state index contributed by atoms with van der Waals surface area (Å²) in [6.45, 7) is -0.651. The number of hydrogen-bond donors (Lipinski definition) is 2. The molecule has 1 heterocycles. The number of aromatic amines is 1. The molecule has 10 nitrogen and oxygen atoms in total. The molecule has 0 aliphatic carbocycles. The summed E-state index contributed by atoms with van der Waals surface area (Å²) in [5.41, 5.74) is 0.851. The number of benzene rings is 3. The van der Waals surface area contributed by atoms with Crippen molar-refractivity contribution in [3.63, 3.8) is 0 Å². The van der Waals surface area contributed by atoms with Crippen molar-refractivity contribution in [3.8, 4) is 17.4 Å². The van der Waals surface area contributed by atoms with Crippen LogP contribution in [0.25, 0.3) is 10.9 Å². The van der Waals surface area contributed by atoms with Gasteiger partial charge in [0.15, 0.2) is 5.69 Å². The smallest absolute Gasteiger partial charge is 0.285 e. The molecule has 0 fully saturated rings. The molecule has 180 valence electrons. The van der Waals surface area contributed by atoms with Crippen LogP contribution in [-0.2, 0) is 14.8 Å². The van der Waals surface area contributed by atoms with Crippen LogP contribution in [0.3, 0.4) is 0 Å². The zero-order valence-corrected chi connectivity index (χ0v) is 19.7. The summed E-state index contributed by atoms with van der Waals surface area (Å²) in [6, 6.07) is 19.2. The first-order valence-electron chi connectivity index (χ1n) is 10.4. The van der Waals surface area contributed by atoms with Gasteiger partial charge in [-0.15, -0.1) is 10.2 Å². The Balaban J connectivity index is 1.70. The van der Waals surface area contributed by atoms with E-state index in [1.54, 1.807) is 42.5 Å². The first kappa shape index (κ1) is 23.8. The Morgan fingerprint density at radius 2 is 1.66 bits per heavy atom. The molecule has 0 aliphatic heterocycles. The quantitative estimate of drug-likeness (QED) is 0.349. The fraction of sp³-hybridized carbons (Fsp3) is 0.125. The van der Waals surface area contributed by atoms with E-state index in [1.165, 1.54) is 44.6 Å². The van der Waals surface area contributed by atoms with Crippen LogP contribution in [0.2, 0.25) is 0 Å². The molecule has 0 bridgehead atoms. The summed E-state index contributed by atoms with van der Waals surface area (Å²) in [4.78, 5) is 15.5. The van der Waals surface area contributed by atoms with E-state index >= 15 is 0 Å². The van der Waals surface area contributed by atoms with Crippen LogP contribution in [0.5, 0.6) is 17.4 Å². The van der Waals surface area contributed by atoms with Crippen LogP contribution in [0.15, 0.2) is 87.9 Å². The summed E-state index contributed by atoms with van der Waals surface area (Å²) in [7, 11) is -1.33. The first-order chi connectivity index (χ1) is 16.8. The van der Waals surface area contributed by atoms with Crippen molar-refractivity contribution in [1.82, 2.24) is 4.98 Å². The van der Waals surface area contributed by atoms with Crippen LogP contribution in [-0.4, -0.2) is 45.2 Å². The summed E-state index contributed by atoms with van der Waals surface area (Å²) < 4.78 is 38.5. The number of amides is 1. The molecule has 35 heavy (non-hydrogen) atoms. The third-order valence-corrected chi connectivity index (χ3v) is 6.98. The highest BCUT2D eigenvalue weighted by Gasteiger charge is 2.29. The largest absolute Gasteiger partial charge is 0.497 e. The third kappa shape index (κ3) is 4.80. The van der Waals surface area contributed by atoms with E-state index < -0.39 is 22.5 Å². The molecule has 2 N–H and O–H groups in total. The number of sulfonamides is 1. The predicted molar refractivity (Wildman–Crippen MR) is 130 cm³/mol. The number of fused-ring (bicyclic) bond motifs is 1. The van der Waals surface area contributed by atoms with Crippen LogP contribution in [0.4, 0.5) is 11.4 Å². The molecule has 0 saturated carbocycles. The maximum Gasteiger partial charge on any atom is 0.285 e. The Morgan fingerprint density at radius 1 is 0.971 bits per heavy atom. The van der Waals surface area contributed by atoms with Gasteiger partial charge in [-0.05, 0) is 42.5 Å². The number of methoxy groups -OCH3 is 2. The lowest BCUT2D eigenvalue weighted by molar-refractivity contribution is -0.116. The highest BCUT2D eigenvalue weighted by atomic mass is 32.2. The maximum atomic E-state index is 13.6. The van der Waals surface area contributed by atoms with Gasteiger partial charge < -0.3 is 19.6 Å². The molecule has 0 atom stereocenters. The predicted octanol–water partition coefficient (Wildman–Crippen LogP) is 4.40. The minimum atomic E-state index is -4.20. The lowest BCUT2D eigenvalue weighted by Crippen LogP contribution is -2.35. The zero-order chi connectivity index (χ0) is 25.0. The minimum absolute atomic E-state index is 0.0526. The second-order valence-corrected chi connectivity index (χ2v) is 9.18. The standard InChI is InChI=1S/C24H22N4O6S/c1-33-16-11-13-17(14-12-16)35(31,32)28(20-9-5-6-10-21(20)34-2)15-22(29)26-27-23-18-7-3-4-8-19(18)25-24(23)30/h3-14,25,30H,15H2,1-2H3. The maximum absolute atomic E-state index is 13.6. The number of nitrogens with zero attached hydrogens (tertiary/aromatic N) is 3. The number of H-pyrrole nitrogens is 1. The second kappa shape index (κ2) is 9.85. The Hall–Kier alpha value is -4.38. The van der Waals surface area contributed by atoms with Crippen molar-refractivity contribution in [2.24, 2.45) is 10.2 Å². The van der Waals surface area contributed by atoms with Gasteiger partial charge in [-0.1, -0.05) is 30.3 Å². The van der Waals surface area contributed by atoms with Crippen LogP contribution < -0.4 is 13.8 Å². The van der Waals surface area contributed by atoms with Crippen molar-refractivity contribution >= 4 is 38.2 Å². The molecule has 1 aromatic heterocycles. The topological polar surface area (TPSA) is 134 Å². The Bertz CT molecular complexity index is 1500. The Morgan fingerprint density at radius 3 is 2.37 bits per heavy atom. The van der Waals surface area contributed by atoms with Gasteiger partial charge in [-0.3, -0.25) is 9.10 Å². The number of aromatic nitrogens is 1. The third-order valence-electron chi connectivity index (χ3n) is 5.20. The molecule has 0 radical (unpaired) electrons. The number of carbonyl (C=O) groups excluding carboxylic acids is 1. The zero-order valence-electron chi connectivity index (χ0n) is 18.9. The SMILES string of the molecule is COc1ccc(S(=O)(=O)N(CC(=O)N=Nc2c(O)[nH]c3ccccc23)c2ccccc2OC)cc1. The number of ether oxygens (including phenoxy) is 2. The highest BCUT2D eigenvalue weighted by molar-refractivity contribution is 7.92. The van der Waals surface area contributed by atoms with Gasteiger partial charge in [0.1, 0.15) is 18.0 Å². The van der Waals surface area contributed by atoms with Crippen molar-refractivity contribution in [2.75, 3.05) is 25.1 Å². The van der Waals surface area contributed by atoms with E-state index in [1.807, 2.05) is 0 Å². The van der Waals surface area contributed by atoms with E-state index in [2.05, 4.69) is 15.2 Å². The number of azo groups is 1. The average molecular weight is 495 g/mol. The molecule has 0 spiro atoms. The average Bonchev–Trinajstić information content (AvgIpc) is 3.20. The van der Waals surface area contributed by atoms with Crippen molar-refractivity contribution in [1.29, 1.82) is 0 Å². The summed E-state index contributed by atoms with van der Waals surface area (Å²) in [5.74, 6) is -0.368. The number of rotatable bonds is 8. The van der Waals surface area contributed by atoms with E-state index in [4.69, 9.17) is 9.47 Å². The summed E-state index contributed by atoms with van der Waals surface area (Å²) >= 11 is 0. The van der Waals surface area contributed by atoms with Crippen LogP contribution >= 0.6 is 0 Å². The molecule has 1 amide bonds. The van der Waals surface area contributed by atoms with Gasteiger partial charge in [0.25, 0.3) is 15.9 Å². The molecule has 0 unspecified atom stereocenters. The molecule has 11 heteroatoms. The molecular formula is C24H22N4O6S. The Kier molecular flexibility index (Phi) is 6.69. The fourth-order valence-corrected chi connectivity index (χ4v) is 4.91. The van der Waals surface area contributed by atoms with E-state index in [0.29, 0.717) is 16.7 Å². The van der Waals surface area contributed by atoms with E-state index in [9.17, 15) is 18.3 Å². The molecule has 4 rings (SSSR count). The number of para-hydroxylation sites is 3. The number of anilines is 1. The Labute approximate surface area is 201 Å². The van der Waals surface area contributed by atoms with Gasteiger partial charge >= 0.3 is 0 Å².